The van der Waals surface area contributed by atoms with Gasteiger partial charge in [0.25, 0.3) is 0 Å². The number of rotatable bonds is 8. The molecule has 1 rings (SSSR count). The molecule has 0 radical (unpaired) electrons. The molecular weight excluding hydrogens is 242 g/mol. The quantitative estimate of drug-likeness (QED) is 0.734. The first-order chi connectivity index (χ1) is 8.99. The van der Waals surface area contributed by atoms with Crippen LogP contribution in [0.15, 0.2) is 24.4 Å². The molecule has 1 atom stereocenters. The monoisotopic (exact) mass is 265 g/mol. The number of hydrogen-bond donors (Lipinski definition) is 2. The van der Waals surface area contributed by atoms with Crippen molar-refractivity contribution in [2.24, 2.45) is 0 Å². The van der Waals surface area contributed by atoms with Crippen molar-refractivity contribution in [2.45, 2.75) is 32.4 Å². The predicted molar refractivity (Wildman–Crippen MR) is 75.1 cm³/mol. The fourth-order valence-electron chi connectivity index (χ4n) is 1.86. The average molecular weight is 265 g/mol. The van der Waals surface area contributed by atoms with E-state index in [0.717, 1.165) is 18.7 Å². The van der Waals surface area contributed by atoms with E-state index in [9.17, 15) is 4.79 Å². The topological polar surface area (TPSA) is 65.5 Å². The Balaban J connectivity index is 2.40. The summed E-state index contributed by atoms with van der Waals surface area (Å²) in [5.74, 6) is -0.807. The van der Waals surface area contributed by atoms with E-state index in [-0.39, 0.29) is 6.04 Å². The van der Waals surface area contributed by atoms with Crippen molar-refractivity contribution >= 4 is 5.97 Å². The maximum atomic E-state index is 11.1. The lowest BCUT2D eigenvalue weighted by Gasteiger charge is -2.23. The minimum atomic E-state index is -0.807. The molecule has 1 heterocycles. The number of nitrogens with one attached hydrogen (secondary N) is 1. The summed E-state index contributed by atoms with van der Waals surface area (Å²) in [7, 11) is 1.93. The number of likely N-dealkylation sites (N-methyl/N-ethyl adjacent to an activating group) is 1. The molecule has 0 aliphatic heterocycles. The van der Waals surface area contributed by atoms with Gasteiger partial charge in [-0.15, -0.1) is 0 Å². The fraction of sp³-hybridized carbons (Fsp3) is 0.571. The summed E-state index contributed by atoms with van der Waals surface area (Å²) in [6.07, 6.45) is 2.60. The lowest BCUT2D eigenvalue weighted by atomic mass is 10.2. The van der Waals surface area contributed by atoms with Crippen molar-refractivity contribution in [1.82, 2.24) is 15.2 Å². The highest BCUT2D eigenvalue weighted by atomic mass is 16.4. The molecule has 5 heteroatoms. The molecular formula is C14H23N3O2. The zero-order valence-electron chi connectivity index (χ0n) is 11.8. The Kier molecular flexibility index (Phi) is 6.45. The standard InChI is InChI=1S/C14H23N3O2/c1-11(2)16-13(14(18)19)10-17(3)9-7-12-6-4-5-8-15-12/h4-6,8,11,13,16H,7,9-10H2,1-3H3,(H,18,19). The minimum Gasteiger partial charge on any atom is -0.480 e. The molecule has 5 nitrogen and oxygen atoms in total. The van der Waals surface area contributed by atoms with E-state index < -0.39 is 12.0 Å². The molecule has 19 heavy (non-hydrogen) atoms. The van der Waals surface area contributed by atoms with Crippen molar-refractivity contribution in [1.29, 1.82) is 0 Å². The molecule has 0 aromatic carbocycles. The Morgan fingerprint density at radius 3 is 2.74 bits per heavy atom. The van der Waals surface area contributed by atoms with Crippen LogP contribution in [0.3, 0.4) is 0 Å². The van der Waals surface area contributed by atoms with Crippen LogP contribution in [-0.2, 0) is 11.2 Å². The molecule has 1 aromatic rings. The molecule has 0 aliphatic rings. The van der Waals surface area contributed by atoms with Gasteiger partial charge in [-0.1, -0.05) is 19.9 Å². The SMILES string of the molecule is CC(C)NC(CN(C)CCc1ccccn1)C(=O)O. The van der Waals surface area contributed by atoms with Crippen molar-refractivity contribution < 1.29 is 9.90 Å². The number of carbonyl (C=O) groups is 1. The smallest absolute Gasteiger partial charge is 0.322 e. The van der Waals surface area contributed by atoms with Gasteiger partial charge in [0, 0.05) is 37.4 Å². The molecule has 0 aliphatic carbocycles. The second-order valence-electron chi connectivity index (χ2n) is 5.05. The number of aromatic nitrogens is 1. The first kappa shape index (κ1) is 15.6. The van der Waals surface area contributed by atoms with Gasteiger partial charge < -0.3 is 15.3 Å². The molecule has 0 saturated carbocycles. The Labute approximate surface area is 114 Å². The molecule has 0 bridgehead atoms. The number of aliphatic carboxylic acids is 1. The average Bonchev–Trinajstić information content (AvgIpc) is 2.36. The third-order valence-corrected chi connectivity index (χ3v) is 2.80. The maximum absolute atomic E-state index is 11.1. The highest BCUT2D eigenvalue weighted by Crippen LogP contribution is 1.98. The normalized spacial score (nSPS) is 12.9. The van der Waals surface area contributed by atoms with E-state index in [1.54, 1.807) is 6.20 Å². The van der Waals surface area contributed by atoms with Crippen LogP contribution in [0.2, 0.25) is 0 Å². The number of carboxylic acids is 1. The third kappa shape index (κ3) is 6.31. The minimum absolute atomic E-state index is 0.158. The van der Waals surface area contributed by atoms with Crippen LogP contribution in [-0.4, -0.2) is 53.2 Å². The Hall–Kier alpha value is -1.46. The predicted octanol–water partition coefficient (Wildman–Crippen LogP) is 1.01. The summed E-state index contributed by atoms with van der Waals surface area (Å²) in [4.78, 5) is 17.4. The molecule has 1 aromatic heterocycles. The Morgan fingerprint density at radius 1 is 1.47 bits per heavy atom. The zero-order chi connectivity index (χ0) is 14.3. The molecule has 106 valence electrons. The van der Waals surface area contributed by atoms with Gasteiger partial charge in [-0.05, 0) is 19.2 Å². The van der Waals surface area contributed by atoms with Crippen LogP contribution in [0.25, 0.3) is 0 Å². The zero-order valence-corrected chi connectivity index (χ0v) is 11.8. The van der Waals surface area contributed by atoms with E-state index in [4.69, 9.17) is 5.11 Å². The summed E-state index contributed by atoms with van der Waals surface area (Å²) in [5, 5.41) is 12.2. The summed E-state index contributed by atoms with van der Waals surface area (Å²) in [6, 6.07) is 5.46. The largest absolute Gasteiger partial charge is 0.480 e. The summed E-state index contributed by atoms with van der Waals surface area (Å²) in [5.41, 5.74) is 1.03. The lowest BCUT2D eigenvalue weighted by Crippen LogP contribution is -2.48. The van der Waals surface area contributed by atoms with Gasteiger partial charge in [-0.3, -0.25) is 9.78 Å². The van der Waals surface area contributed by atoms with Crippen LogP contribution < -0.4 is 5.32 Å². The van der Waals surface area contributed by atoms with Gasteiger partial charge in [0.15, 0.2) is 0 Å². The van der Waals surface area contributed by atoms with Gasteiger partial charge in [0.1, 0.15) is 6.04 Å². The Bertz CT molecular complexity index is 382. The number of carboxylic acid groups (broad SMARTS) is 1. The van der Waals surface area contributed by atoms with Gasteiger partial charge >= 0.3 is 5.97 Å². The van der Waals surface area contributed by atoms with Gasteiger partial charge in [-0.25, -0.2) is 0 Å². The van der Waals surface area contributed by atoms with Crippen LogP contribution in [0.1, 0.15) is 19.5 Å². The number of hydrogen-bond acceptors (Lipinski definition) is 4. The molecule has 0 fully saturated rings. The van der Waals surface area contributed by atoms with E-state index in [2.05, 4.69) is 10.3 Å². The summed E-state index contributed by atoms with van der Waals surface area (Å²) in [6.45, 7) is 5.18. The van der Waals surface area contributed by atoms with Crippen LogP contribution in [0, 0.1) is 0 Å². The third-order valence-electron chi connectivity index (χ3n) is 2.80. The Morgan fingerprint density at radius 2 is 2.21 bits per heavy atom. The molecule has 1 unspecified atom stereocenters. The molecule has 2 N–H and O–H groups in total. The van der Waals surface area contributed by atoms with E-state index in [0.29, 0.717) is 6.54 Å². The summed E-state index contributed by atoms with van der Waals surface area (Å²) < 4.78 is 0. The fourth-order valence-corrected chi connectivity index (χ4v) is 1.86. The van der Waals surface area contributed by atoms with Crippen LogP contribution in [0.5, 0.6) is 0 Å². The first-order valence-electron chi connectivity index (χ1n) is 6.56. The first-order valence-corrected chi connectivity index (χ1v) is 6.56. The molecule has 0 spiro atoms. The second kappa shape index (κ2) is 7.86. The van der Waals surface area contributed by atoms with Crippen molar-refractivity contribution in [3.05, 3.63) is 30.1 Å². The maximum Gasteiger partial charge on any atom is 0.322 e. The molecule has 0 saturated heterocycles. The molecule has 0 amide bonds. The number of pyridine rings is 1. The van der Waals surface area contributed by atoms with Crippen molar-refractivity contribution in [2.75, 3.05) is 20.1 Å². The summed E-state index contributed by atoms with van der Waals surface area (Å²) >= 11 is 0. The lowest BCUT2D eigenvalue weighted by molar-refractivity contribution is -0.140. The van der Waals surface area contributed by atoms with E-state index >= 15 is 0 Å². The highest BCUT2D eigenvalue weighted by molar-refractivity contribution is 5.73. The van der Waals surface area contributed by atoms with Gasteiger partial charge in [-0.2, -0.15) is 0 Å². The van der Waals surface area contributed by atoms with Crippen molar-refractivity contribution in [3.8, 4) is 0 Å². The van der Waals surface area contributed by atoms with E-state index in [1.165, 1.54) is 0 Å². The van der Waals surface area contributed by atoms with Crippen LogP contribution >= 0.6 is 0 Å². The second-order valence-corrected chi connectivity index (χ2v) is 5.05. The van der Waals surface area contributed by atoms with Crippen molar-refractivity contribution in [3.63, 3.8) is 0 Å². The number of nitrogens with zero attached hydrogens (tertiary/aromatic N) is 2. The van der Waals surface area contributed by atoms with Gasteiger partial charge in [0.05, 0.1) is 0 Å². The van der Waals surface area contributed by atoms with Crippen LogP contribution in [0.4, 0.5) is 0 Å². The van der Waals surface area contributed by atoms with E-state index in [1.807, 2.05) is 44.0 Å². The highest BCUT2D eigenvalue weighted by Gasteiger charge is 2.19. The van der Waals surface area contributed by atoms with Gasteiger partial charge in [0.2, 0.25) is 0 Å².